The summed E-state index contributed by atoms with van der Waals surface area (Å²) < 4.78 is 34.6. The largest absolute Gasteiger partial charge is 0.459 e. The summed E-state index contributed by atoms with van der Waals surface area (Å²) in [4.78, 5) is 20.4. The quantitative estimate of drug-likeness (QED) is 0.809. The number of amides is 1. The number of amidine groups is 1. The molecule has 9 heteroatoms. The molecule has 2 aromatic rings. The van der Waals surface area contributed by atoms with Crippen LogP contribution in [0.5, 0.6) is 0 Å². The van der Waals surface area contributed by atoms with Gasteiger partial charge in [0.2, 0.25) is 0 Å². The number of alkyl halides is 2. The molecular formula is C20H17F2N5O2. The van der Waals surface area contributed by atoms with Gasteiger partial charge >= 0.3 is 5.92 Å². The summed E-state index contributed by atoms with van der Waals surface area (Å²) in [5.74, 6) is -3.75. The van der Waals surface area contributed by atoms with Crippen LogP contribution < -0.4 is 11.1 Å². The number of carbonyl (C=O) groups excluding carboxylic acids is 1. The molecule has 1 spiro atoms. The fourth-order valence-corrected chi connectivity index (χ4v) is 3.80. The molecule has 148 valence electrons. The number of halogens is 2. The molecule has 0 radical (unpaired) electrons. The Balaban J connectivity index is 1.69. The van der Waals surface area contributed by atoms with Crippen LogP contribution in [0.3, 0.4) is 0 Å². The van der Waals surface area contributed by atoms with Crippen molar-refractivity contribution < 1.29 is 18.3 Å². The number of hydrogen-bond donors (Lipinski definition) is 2. The highest BCUT2D eigenvalue weighted by molar-refractivity contribution is 6.03. The highest BCUT2D eigenvalue weighted by atomic mass is 19.3. The van der Waals surface area contributed by atoms with Gasteiger partial charge in [-0.3, -0.25) is 4.79 Å². The lowest BCUT2D eigenvalue weighted by molar-refractivity contribution is -0.127. The van der Waals surface area contributed by atoms with Gasteiger partial charge in [-0.25, -0.2) is 9.98 Å². The zero-order chi connectivity index (χ0) is 20.6. The molecule has 0 saturated carbocycles. The Morgan fingerprint density at radius 1 is 1.31 bits per heavy atom. The molecule has 2 heterocycles. The van der Waals surface area contributed by atoms with E-state index in [9.17, 15) is 13.6 Å². The molecule has 1 aliphatic heterocycles. The molecule has 0 fully saturated rings. The van der Waals surface area contributed by atoms with E-state index in [0.29, 0.717) is 29.7 Å². The minimum Gasteiger partial charge on any atom is -0.459 e. The Kier molecular flexibility index (Phi) is 4.42. The average Bonchev–Trinajstić information content (AvgIpc) is 2.72. The number of nitrogens with zero attached hydrogens (tertiary/aromatic N) is 3. The van der Waals surface area contributed by atoms with Gasteiger partial charge < -0.3 is 15.8 Å². The van der Waals surface area contributed by atoms with Gasteiger partial charge in [0.25, 0.3) is 11.9 Å². The number of hydrogen-bond acceptors (Lipinski definition) is 6. The molecule has 0 unspecified atom stereocenters. The van der Waals surface area contributed by atoms with Crippen LogP contribution in [-0.4, -0.2) is 29.4 Å². The minimum absolute atomic E-state index is 0.107. The lowest BCUT2D eigenvalue weighted by Gasteiger charge is -2.43. The number of aryl methyl sites for hydroxylation is 1. The van der Waals surface area contributed by atoms with E-state index in [-0.39, 0.29) is 18.1 Å². The third-order valence-electron chi connectivity index (χ3n) is 5.23. The summed E-state index contributed by atoms with van der Waals surface area (Å²) in [5.41, 5.74) is 5.68. The molecule has 1 aromatic carbocycles. The molecule has 1 amide bonds. The minimum atomic E-state index is -3.23. The molecule has 0 saturated heterocycles. The van der Waals surface area contributed by atoms with Crippen molar-refractivity contribution in [3.05, 3.63) is 58.9 Å². The van der Waals surface area contributed by atoms with E-state index in [0.717, 1.165) is 5.56 Å². The SMILES string of the molecule is N#Cc1ccc(C(=O)Nc2ccc3c(c2)[C@@]2(CCC3)N=C(N)OCC2(F)F)nc1. The molecule has 2 aliphatic rings. The van der Waals surface area contributed by atoms with Gasteiger partial charge in [-0.1, -0.05) is 6.07 Å². The molecule has 3 N–H and O–H groups in total. The first-order chi connectivity index (χ1) is 13.8. The maximum absolute atomic E-state index is 14.9. The van der Waals surface area contributed by atoms with Gasteiger partial charge in [-0.15, -0.1) is 0 Å². The molecule has 1 atom stereocenters. The second-order valence-corrected chi connectivity index (χ2v) is 7.03. The van der Waals surface area contributed by atoms with Crippen molar-refractivity contribution in [2.45, 2.75) is 30.7 Å². The Morgan fingerprint density at radius 3 is 2.86 bits per heavy atom. The maximum atomic E-state index is 14.9. The molecule has 7 nitrogen and oxygen atoms in total. The summed E-state index contributed by atoms with van der Waals surface area (Å²) in [7, 11) is 0. The summed E-state index contributed by atoms with van der Waals surface area (Å²) in [6.45, 7) is -0.840. The Morgan fingerprint density at radius 2 is 2.14 bits per heavy atom. The Hall–Kier alpha value is -3.54. The van der Waals surface area contributed by atoms with Crippen LogP contribution in [0.4, 0.5) is 14.5 Å². The van der Waals surface area contributed by atoms with Crippen LogP contribution in [0.15, 0.2) is 41.5 Å². The smallest absolute Gasteiger partial charge is 0.310 e. The van der Waals surface area contributed by atoms with Gasteiger partial charge in [-0.05, 0) is 54.7 Å². The topological polar surface area (TPSA) is 113 Å². The zero-order valence-electron chi connectivity index (χ0n) is 15.3. The number of carbonyl (C=O) groups is 1. The van der Waals surface area contributed by atoms with Crippen LogP contribution in [0, 0.1) is 11.3 Å². The van der Waals surface area contributed by atoms with E-state index in [1.165, 1.54) is 24.4 Å². The second kappa shape index (κ2) is 6.81. The number of nitrogens with two attached hydrogens (primary N) is 1. The molecule has 0 bridgehead atoms. The molecule has 1 aliphatic carbocycles. The van der Waals surface area contributed by atoms with Gasteiger partial charge in [0, 0.05) is 11.9 Å². The summed E-state index contributed by atoms with van der Waals surface area (Å²) in [6.07, 6.45) is 2.59. The third kappa shape index (κ3) is 3.16. The number of pyridine rings is 1. The van der Waals surface area contributed by atoms with Crippen molar-refractivity contribution in [1.29, 1.82) is 5.26 Å². The van der Waals surface area contributed by atoms with Crippen LogP contribution in [0.1, 0.15) is 40.0 Å². The number of aliphatic imine (C=N–C) groups is 1. The van der Waals surface area contributed by atoms with E-state index in [4.69, 9.17) is 15.7 Å². The Bertz CT molecular complexity index is 1050. The number of nitrogens with one attached hydrogen (secondary N) is 1. The van der Waals surface area contributed by atoms with Crippen LogP contribution in [0.25, 0.3) is 0 Å². The first-order valence-electron chi connectivity index (χ1n) is 9.01. The summed E-state index contributed by atoms with van der Waals surface area (Å²) in [6, 6.07) is 9.45. The van der Waals surface area contributed by atoms with Gasteiger partial charge in [0.15, 0.2) is 12.1 Å². The van der Waals surface area contributed by atoms with Crippen molar-refractivity contribution in [1.82, 2.24) is 4.98 Å². The van der Waals surface area contributed by atoms with Crippen LogP contribution in [0.2, 0.25) is 0 Å². The number of benzene rings is 1. The van der Waals surface area contributed by atoms with Crippen molar-refractivity contribution in [3.8, 4) is 6.07 Å². The number of anilines is 1. The lowest BCUT2D eigenvalue weighted by atomic mass is 9.72. The fraction of sp³-hybridized carbons (Fsp3) is 0.300. The highest BCUT2D eigenvalue weighted by Gasteiger charge is 2.59. The standard InChI is InChI=1S/C20H17F2N5O2/c21-20(22)11-29-18(24)27-19(20)7-1-2-13-4-5-14(8-15(13)19)26-17(28)16-6-3-12(9-23)10-25-16/h3-6,8,10H,1-2,7,11H2,(H2,24,27)(H,26,28)/t19-/m1/s1. The van der Waals surface area contributed by atoms with Crippen molar-refractivity contribution in [2.24, 2.45) is 10.7 Å². The molecular weight excluding hydrogens is 380 g/mol. The molecule has 4 rings (SSSR count). The highest BCUT2D eigenvalue weighted by Crippen LogP contribution is 2.51. The monoisotopic (exact) mass is 397 g/mol. The molecule has 29 heavy (non-hydrogen) atoms. The van der Waals surface area contributed by atoms with Gasteiger partial charge in [0.1, 0.15) is 11.8 Å². The average molecular weight is 397 g/mol. The lowest BCUT2D eigenvalue weighted by Crippen LogP contribution is -2.54. The van der Waals surface area contributed by atoms with E-state index in [1.807, 2.05) is 6.07 Å². The Labute approximate surface area is 165 Å². The number of ether oxygens (including phenoxy) is 1. The normalized spacial score (nSPS) is 22.0. The first-order valence-corrected chi connectivity index (χ1v) is 9.01. The number of fused-ring (bicyclic) bond motifs is 2. The van der Waals surface area contributed by atoms with Crippen molar-refractivity contribution in [2.75, 3.05) is 11.9 Å². The van der Waals surface area contributed by atoms with Crippen LogP contribution in [-0.2, 0) is 16.7 Å². The predicted molar refractivity (Wildman–Crippen MR) is 100 cm³/mol. The van der Waals surface area contributed by atoms with Crippen LogP contribution >= 0.6 is 0 Å². The van der Waals surface area contributed by atoms with E-state index >= 15 is 0 Å². The van der Waals surface area contributed by atoms with E-state index in [2.05, 4.69) is 15.3 Å². The molecule has 1 aromatic heterocycles. The first kappa shape index (κ1) is 18.8. The van der Waals surface area contributed by atoms with Gasteiger partial charge in [-0.2, -0.15) is 14.0 Å². The third-order valence-corrected chi connectivity index (χ3v) is 5.23. The van der Waals surface area contributed by atoms with Gasteiger partial charge in [0.05, 0.1) is 5.56 Å². The van der Waals surface area contributed by atoms with E-state index in [1.54, 1.807) is 12.1 Å². The van der Waals surface area contributed by atoms with Crippen molar-refractivity contribution >= 4 is 17.6 Å². The second-order valence-electron chi connectivity index (χ2n) is 7.03. The predicted octanol–water partition coefficient (Wildman–Crippen LogP) is 2.72. The number of rotatable bonds is 2. The summed E-state index contributed by atoms with van der Waals surface area (Å²) in [5, 5.41) is 11.5. The van der Waals surface area contributed by atoms with Crippen molar-refractivity contribution in [3.63, 3.8) is 0 Å². The summed E-state index contributed by atoms with van der Waals surface area (Å²) >= 11 is 0. The zero-order valence-corrected chi connectivity index (χ0v) is 15.3. The fourth-order valence-electron chi connectivity index (χ4n) is 3.80. The maximum Gasteiger partial charge on any atom is 0.310 e. The number of aromatic nitrogens is 1. The number of nitriles is 1. The van der Waals surface area contributed by atoms with E-state index < -0.39 is 24.0 Å².